The van der Waals surface area contributed by atoms with Gasteiger partial charge < -0.3 is 19.9 Å². The molecule has 1 fully saturated rings. The molecule has 0 aliphatic carbocycles. The van der Waals surface area contributed by atoms with Gasteiger partial charge in [-0.2, -0.15) is 0 Å². The van der Waals surface area contributed by atoms with Crippen LogP contribution in [0.15, 0.2) is 4.99 Å². The van der Waals surface area contributed by atoms with Gasteiger partial charge in [0.2, 0.25) is 0 Å². The van der Waals surface area contributed by atoms with Gasteiger partial charge in [0.15, 0.2) is 5.96 Å². The van der Waals surface area contributed by atoms with E-state index < -0.39 is 0 Å². The first-order valence-corrected chi connectivity index (χ1v) is 9.22. The summed E-state index contributed by atoms with van der Waals surface area (Å²) in [5.41, 5.74) is 0. The summed E-state index contributed by atoms with van der Waals surface area (Å²) in [4.78, 5) is 21.2. The second-order valence-electron chi connectivity index (χ2n) is 7.03. The zero-order chi connectivity index (χ0) is 18.1. The van der Waals surface area contributed by atoms with Crippen LogP contribution in [0.4, 0.5) is 0 Å². The number of rotatable bonds is 8. The Morgan fingerprint density at radius 3 is 2.67 bits per heavy atom. The van der Waals surface area contributed by atoms with Crippen LogP contribution in [0.25, 0.3) is 0 Å². The summed E-state index contributed by atoms with van der Waals surface area (Å²) >= 11 is 0. The van der Waals surface area contributed by atoms with Crippen LogP contribution in [0.1, 0.15) is 40.5 Å². The first-order chi connectivity index (χ1) is 11.4. The quantitative estimate of drug-likeness (QED) is 0.316. The number of nitrogens with one attached hydrogen (secondary N) is 1. The van der Waals surface area contributed by atoms with E-state index in [1.54, 1.807) is 0 Å². The smallest absolute Gasteiger partial charge is 0.310 e. The van der Waals surface area contributed by atoms with Gasteiger partial charge in [-0.25, -0.2) is 0 Å². The van der Waals surface area contributed by atoms with E-state index in [-0.39, 0.29) is 11.9 Å². The molecule has 0 radical (unpaired) electrons. The first-order valence-electron chi connectivity index (χ1n) is 9.22. The van der Waals surface area contributed by atoms with E-state index in [2.05, 4.69) is 49.9 Å². The largest absolute Gasteiger partial charge is 0.469 e. The first kappa shape index (κ1) is 20.7. The fraction of sp³-hybridized carbons (Fsp3) is 0.889. The zero-order valence-corrected chi connectivity index (χ0v) is 16.3. The highest BCUT2D eigenvalue weighted by atomic mass is 16.5. The number of carbonyl (C=O) groups excluding carboxylic acids is 1. The Morgan fingerprint density at radius 2 is 2.08 bits per heavy atom. The summed E-state index contributed by atoms with van der Waals surface area (Å²) in [6.07, 6.45) is 2.23. The molecular formula is C18H36N4O2. The molecule has 1 aliphatic heterocycles. The third kappa shape index (κ3) is 6.30. The van der Waals surface area contributed by atoms with Crippen molar-refractivity contribution in [1.82, 2.24) is 15.1 Å². The van der Waals surface area contributed by atoms with E-state index >= 15 is 0 Å². The fourth-order valence-electron chi connectivity index (χ4n) is 2.94. The monoisotopic (exact) mass is 340 g/mol. The lowest BCUT2D eigenvalue weighted by Crippen LogP contribution is -2.40. The Balaban J connectivity index is 2.50. The maximum absolute atomic E-state index is 11.9. The van der Waals surface area contributed by atoms with Crippen LogP contribution in [-0.4, -0.2) is 74.7 Å². The lowest BCUT2D eigenvalue weighted by molar-refractivity contribution is -0.145. The van der Waals surface area contributed by atoms with Crippen LogP contribution >= 0.6 is 0 Å². The van der Waals surface area contributed by atoms with E-state index in [9.17, 15) is 4.79 Å². The molecule has 0 amide bonds. The molecule has 6 heteroatoms. The number of methoxy groups -OCH3 is 1. The highest BCUT2D eigenvalue weighted by molar-refractivity contribution is 5.82. The van der Waals surface area contributed by atoms with E-state index in [1.165, 1.54) is 7.11 Å². The molecule has 1 rings (SSSR count). The predicted molar refractivity (Wildman–Crippen MR) is 99.2 cm³/mol. The second kappa shape index (κ2) is 10.5. The summed E-state index contributed by atoms with van der Waals surface area (Å²) < 4.78 is 4.92. The Hall–Kier alpha value is -1.30. The minimum Gasteiger partial charge on any atom is -0.469 e. The van der Waals surface area contributed by atoms with Gasteiger partial charge in [0.25, 0.3) is 0 Å². The number of likely N-dealkylation sites (tertiary alicyclic amines) is 1. The number of nitrogens with zero attached hydrogens (tertiary/aromatic N) is 3. The molecule has 0 aromatic carbocycles. The molecule has 2 unspecified atom stereocenters. The van der Waals surface area contributed by atoms with Gasteiger partial charge in [-0.05, 0) is 53.1 Å². The maximum atomic E-state index is 11.9. The van der Waals surface area contributed by atoms with Crippen LogP contribution in [0.5, 0.6) is 0 Å². The van der Waals surface area contributed by atoms with Crippen molar-refractivity contribution < 1.29 is 9.53 Å². The molecule has 6 nitrogen and oxygen atoms in total. The van der Waals surface area contributed by atoms with Crippen LogP contribution in [0, 0.1) is 11.8 Å². The summed E-state index contributed by atoms with van der Waals surface area (Å²) in [6.45, 7) is 12.9. The number of hydrogen-bond donors (Lipinski definition) is 1. The summed E-state index contributed by atoms with van der Waals surface area (Å²) in [5, 5.41) is 3.35. The van der Waals surface area contributed by atoms with Gasteiger partial charge in [0.05, 0.1) is 13.0 Å². The van der Waals surface area contributed by atoms with Crippen molar-refractivity contribution in [1.29, 1.82) is 0 Å². The van der Waals surface area contributed by atoms with Gasteiger partial charge in [-0.3, -0.25) is 9.79 Å². The molecule has 1 heterocycles. The third-order valence-electron chi connectivity index (χ3n) is 4.81. The topological polar surface area (TPSA) is 57.2 Å². The van der Waals surface area contributed by atoms with E-state index in [0.29, 0.717) is 18.5 Å². The summed E-state index contributed by atoms with van der Waals surface area (Å²) in [7, 11) is 3.63. The second-order valence-corrected chi connectivity index (χ2v) is 7.03. The normalized spacial score (nSPS) is 21.7. The van der Waals surface area contributed by atoms with Crippen molar-refractivity contribution in [3.05, 3.63) is 0 Å². The van der Waals surface area contributed by atoms with Crippen LogP contribution in [-0.2, 0) is 9.53 Å². The number of hydrogen-bond acceptors (Lipinski definition) is 4. The molecule has 0 bridgehead atoms. The molecule has 0 aromatic heterocycles. The number of carbonyl (C=O) groups is 1. The Kier molecular flexibility index (Phi) is 9.11. The van der Waals surface area contributed by atoms with E-state index in [4.69, 9.17) is 9.73 Å². The van der Waals surface area contributed by atoms with Crippen molar-refractivity contribution in [3.63, 3.8) is 0 Å². The molecule has 2 atom stereocenters. The number of guanidine groups is 1. The summed E-state index contributed by atoms with van der Waals surface area (Å²) in [5.74, 6) is 1.05. The SMILES string of the molecule is CCNC(=NCCCCN(C)C(C)C)N1CC(C)C(C(=O)OC)C1. The number of ether oxygens (including phenoxy) is 1. The standard InChI is InChI=1S/C18H36N4O2/c1-7-19-18(20-10-8-9-11-21(5)14(2)3)22-12-15(4)16(13-22)17(23)24-6/h14-16H,7-13H2,1-6H3,(H,19,20). The minimum atomic E-state index is -0.113. The van der Waals surface area contributed by atoms with Crippen molar-refractivity contribution >= 4 is 11.9 Å². The molecular weight excluding hydrogens is 304 g/mol. The summed E-state index contributed by atoms with van der Waals surface area (Å²) in [6, 6.07) is 0.590. The van der Waals surface area contributed by atoms with Crippen molar-refractivity contribution in [2.75, 3.05) is 46.9 Å². The highest BCUT2D eigenvalue weighted by Gasteiger charge is 2.36. The molecule has 1 N–H and O–H groups in total. The van der Waals surface area contributed by atoms with Crippen LogP contribution in [0.3, 0.4) is 0 Å². The fourth-order valence-corrected chi connectivity index (χ4v) is 2.94. The third-order valence-corrected chi connectivity index (χ3v) is 4.81. The Morgan fingerprint density at radius 1 is 1.38 bits per heavy atom. The predicted octanol–water partition coefficient (Wildman–Crippen LogP) is 1.81. The maximum Gasteiger partial charge on any atom is 0.310 e. The van der Waals surface area contributed by atoms with Crippen molar-refractivity contribution in [3.8, 4) is 0 Å². The van der Waals surface area contributed by atoms with E-state index in [0.717, 1.165) is 45.0 Å². The van der Waals surface area contributed by atoms with Gasteiger partial charge in [0, 0.05) is 32.2 Å². The molecule has 0 aromatic rings. The Bertz CT molecular complexity index is 412. The number of aliphatic imine (C=N–C) groups is 1. The average Bonchev–Trinajstić information content (AvgIpc) is 2.94. The van der Waals surface area contributed by atoms with Crippen LogP contribution < -0.4 is 5.32 Å². The average molecular weight is 341 g/mol. The number of unbranched alkanes of at least 4 members (excludes halogenated alkanes) is 1. The molecule has 24 heavy (non-hydrogen) atoms. The molecule has 1 aliphatic rings. The zero-order valence-electron chi connectivity index (χ0n) is 16.3. The lowest BCUT2D eigenvalue weighted by Gasteiger charge is -2.22. The Labute approximate surface area is 147 Å². The van der Waals surface area contributed by atoms with Gasteiger partial charge in [-0.15, -0.1) is 0 Å². The highest BCUT2D eigenvalue weighted by Crippen LogP contribution is 2.24. The van der Waals surface area contributed by atoms with E-state index in [1.807, 2.05) is 0 Å². The van der Waals surface area contributed by atoms with Gasteiger partial charge >= 0.3 is 5.97 Å². The minimum absolute atomic E-state index is 0.0569. The van der Waals surface area contributed by atoms with Gasteiger partial charge in [0.1, 0.15) is 0 Å². The molecule has 140 valence electrons. The lowest BCUT2D eigenvalue weighted by atomic mass is 9.99. The molecule has 0 saturated carbocycles. The van der Waals surface area contributed by atoms with Gasteiger partial charge in [-0.1, -0.05) is 6.92 Å². The molecule has 1 saturated heterocycles. The molecule has 0 spiro atoms. The number of esters is 1. The van der Waals surface area contributed by atoms with Crippen LogP contribution in [0.2, 0.25) is 0 Å². The van der Waals surface area contributed by atoms with Crippen molar-refractivity contribution in [2.24, 2.45) is 16.8 Å². The van der Waals surface area contributed by atoms with Crippen molar-refractivity contribution in [2.45, 2.75) is 46.6 Å².